The van der Waals surface area contributed by atoms with Crippen LogP contribution in [-0.4, -0.2) is 19.3 Å². The third-order valence-corrected chi connectivity index (χ3v) is 4.92. The second kappa shape index (κ2) is 6.93. The molecule has 3 heteroatoms. The lowest BCUT2D eigenvalue weighted by atomic mass is 9.74. The molecule has 20 heavy (non-hydrogen) atoms. The fourth-order valence-electron chi connectivity index (χ4n) is 2.89. The van der Waals surface area contributed by atoms with Crippen LogP contribution >= 0.6 is 11.6 Å². The maximum Gasteiger partial charge on any atom is 0.0697 e. The first kappa shape index (κ1) is 15.8. The summed E-state index contributed by atoms with van der Waals surface area (Å²) in [4.78, 5) is 0. The van der Waals surface area contributed by atoms with E-state index in [1.807, 2.05) is 14.0 Å². The summed E-state index contributed by atoms with van der Waals surface area (Å²) in [7, 11) is 1.85. The molecular weight excluding hydrogens is 270 g/mol. The van der Waals surface area contributed by atoms with E-state index < -0.39 is 0 Å². The van der Waals surface area contributed by atoms with E-state index in [0.29, 0.717) is 6.04 Å². The van der Waals surface area contributed by atoms with Gasteiger partial charge in [-0.3, -0.25) is 0 Å². The van der Waals surface area contributed by atoms with Crippen LogP contribution in [0.1, 0.15) is 56.2 Å². The predicted molar refractivity (Wildman–Crippen MR) is 85.4 cm³/mol. The van der Waals surface area contributed by atoms with Crippen molar-refractivity contribution in [3.05, 3.63) is 34.3 Å². The summed E-state index contributed by atoms with van der Waals surface area (Å²) in [6, 6.07) is 6.73. The predicted octanol–water partition coefficient (Wildman–Crippen LogP) is 4.65. The molecule has 0 radical (unpaired) electrons. The van der Waals surface area contributed by atoms with Gasteiger partial charge in [-0.2, -0.15) is 0 Å². The van der Waals surface area contributed by atoms with Crippen molar-refractivity contribution in [2.45, 2.75) is 57.6 Å². The molecule has 2 rings (SSSR count). The van der Waals surface area contributed by atoms with Crippen LogP contribution in [-0.2, 0) is 4.74 Å². The van der Waals surface area contributed by atoms with Gasteiger partial charge in [-0.25, -0.2) is 0 Å². The van der Waals surface area contributed by atoms with Crippen LogP contribution in [0.2, 0.25) is 5.02 Å². The van der Waals surface area contributed by atoms with Crippen molar-refractivity contribution in [2.75, 3.05) is 13.7 Å². The average Bonchev–Trinajstić information content (AvgIpc) is 2.41. The highest BCUT2D eigenvalue weighted by Gasteiger charge is 2.39. The van der Waals surface area contributed by atoms with Crippen molar-refractivity contribution in [2.24, 2.45) is 0 Å². The Balaban J connectivity index is 2.15. The molecule has 112 valence electrons. The highest BCUT2D eigenvalue weighted by atomic mass is 35.5. The summed E-state index contributed by atoms with van der Waals surface area (Å²) < 4.78 is 5.79. The minimum Gasteiger partial charge on any atom is -0.378 e. The third-order valence-electron chi connectivity index (χ3n) is 4.51. The first-order valence-electron chi connectivity index (χ1n) is 7.65. The molecule has 1 saturated carbocycles. The maximum atomic E-state index is 6.29. The number of rotatable bonds is 7. The standard InChI is InChI=1S/C17H26ClNO/c1-4-10-19-16(12-17(20-3)8-5-9-17)14-7-6-13(2)15(18)11-14/h6-7,11,16,19H,4-5,8-10,12H2,1-3H3. The van der Waals surface area contributed by atoms with Crippen LogP contribution < -0.4 is 5.32 Å². The summed E-state index contributed by atoms with van der Waals surface area (Å²) in [5, 5.41) is 4.50. The lowest BCUT2D eigenvalue weighted by Crippen LogP contribution is -2.43. The molecular formula is C17H26ClNO. The van der Waals surface area contributed by atoms with Gasteiger partial charge in [0.25, 0.3) is 0 Å². The van der Waals surface area contributed by atoms with E-state index in [1.165, 1.54) is 24.8 Å². The van der Waals surface area contributed by atoms with Gasteiger partial charge in [-0.05, 0) is 62.8 Å². The quantitative estimate of drug-likeness (QED) is 0.790. The minimum absolute atomic E-state index is 0.0722. The SMILES string of the molecule is CCCNC(CC1(OC)CCC1)c1ccc(C)c(Cl)c1. The Labute approximate surface area is 127 Å². The van der Waals surface area contributed by atoms with Gasteiger partial charge in [-0.1, -0.05) is 30.7 Å². The van der Waals surface area contributed by atoms with Crippen molar-refractivity contribution in [3.8, 4) is 0 Å². The Bertz CT molecular complexity index is 437. The van der Waals surface area contributed by atoms with Crippen LogP contribution in [0.4, 0.5) is 0 Å². The van der Waals surface area contributed by atoms with Gasteiger partial charge < -0.3 is 10.1 Å². The minimum atomic E-state index is 0.0722. The second-order valence-corrected chi connectivity index (χ2v) is 6.37. The summed E-state index contributed by atoms with van der Waals surface area (Å²) in [5.74, 6) is 0. The number of nitrogens with one attached hydrogen (secondary N) is 1. The van der Waals surface area contributed by atoms with Crippen molar-refractivity contribution < 1.29 is 4.74 Å². The van der Waals surface area contributed by atoms with Crippen LogP contribution in [0.5, 0.6) is 0 Å². The van der Waals surface area contributed by atoms with E-state index >= 15 is 0 Å². The fraction of sp³-hybridized carbons (Fsp3) is 0.647. The van der Waals surface area contributed by atoms with E-state index in [2.05, 4.69) is 30.4 Å². The first-order valence-corrected chi connectivity index (χ1v) is 8.02. The van der Waals surface area contributed by atoms with Crippen molar-refractivity contribution in [1.82, 2.24) is 5.32 Å². The van der Waals surface area contributed by atoms with Gasteiger partial charge in [0.05, 0.1) is 5.60 Å². The average molecular weight is 296 g/mol. The Kier molecular flexibility index (Phi) is 5.48. The van der Waals surface area contributed by atoms with E-state index in [0.717, 1.165) is 30.0 Å². The molecule has 0 bridgehead atoms. The molecule has 1 aliphatic carbocycles. The number of benzene rings is 1. The second-order valence-electron chi connectivity index (χ2n) is 5.96. The smallest absolute Gasteiger partial charge is 0.0697 e. The highest BCUT2D eigenvalue weighted by Crippen LogP contribution is 2.42. The summed E-state index contributed by atoms with van der Waals surface area (Å²) >= 11 is 6.29. The molecule has 1 unspecified atom stereocenters. The number of halogens is 1. The Hall–Kier alpha value is -0.570. The van der Waals surface area contributed by atoms with E-state index in [-0.39, 0.29) is 5.60 Å². The van der Waals surface area contributed by atoms with Crippen molar-refractivity contribution >= 4 is 11.6 Å². The summed E-state index contributed by atoms with van der Waals surface area (Å²) in [6.45, 7) is 5.26. The normalized spacial score (nSPS) is 18.6. The fourth-order valence-corrected chi connectivity index (χ4v) is 3.08. The lowest BCUT2D eigenvalue weighted by molar-refractivity contribution is -0.0838. The van der Waals surface area contributed by atoms with Gasteiger partial charge in [-0.15, -0.1) is 0 Å². The Morgan fingerprint density at radius 2 is 2.15 bits per heavy atom. The topological polar surface area (TPSA) is 21.3 Å². The largest absolute Gasteiger partial charge is 0.378 e. The highest BCUT2D eigenvalue weighted by molar-refractivity contribution is 6.31. The number of hydrogen-bond donors (Lipinski definition) is 1. The van der Waals surface area contributed by atoms with E-state index in [1.54, 1.807) is 0 Å². The monoisotopic (exact) mass is 295 g/mol. The molecule has 0 aromatic heterocycles. The summed E-state index contributed by atoms with van der Waals surface area (Å²) in [5.41, 5.74) is 2.48. The van der Waals surface area contributed by atoms with Gasteiger partial charge in [0.1, 0.15) is 0 Å². The number of ether oxygens (including phenoxy) is 1. The third kappa shape index (κ3) is 3.55. The van der Waals surface area contributed by atoms with Gasteiger partial charge in [0, 0.05) is 18.2 Å². The summed E-state index contributed by atoms with van der Waals surface area (Å²) in [6.07, 6.45) is 5.79. The van der Waals surface area contributed by atoms with Crippen molar-refractivity contribution in [1.29, 1.82) is 0 Å². The number of aryl methyl sites for hydroxylation is 1. The molecule has 1 aromatic rings. The molecule has 0 spiro atoms. The van der Waals surface area contributed by atoms with Gasteiger partial charge >= 0.3 is 0 Å². The Morgan fingerprint density at radius 1 is 1.40 bits per heavy atom. The van der Waals surface area contributed by atoms with Gasteiger partial charge in [0.15, 0.2) is 0 Å². The molecule has 0 amide bonds. The molecule has 0 heterocycles. The zero-order valence-electron chi connectivity index (χ0n) is 12.8. The van der Waals surface area contributed by atoms with E-state index in [9.17, 15) is 0 Å². The Morgan fingerprint density at radius 3 is 2.65 bits per heavy atom. The molecule has 2 nitrogen and oxygen atoms in total. The lowest BCUT2D eigenvalue weighted by Gasteiger charge is -2.43. The molecule has 1 aliphatic rings. The number of methoxy groups -OCH3 is 1. The zero-order valence-corrected chi connectivity index (χ0v) is 13.6. The first-order chi connectivity index (χ1) is 9.60. The van der Waals surface area contributed by atoms with Crippen LogP contribution in [0.3, 0.4) is 0 Å². The van der Waals surface area contributed by atoms with Crippen LogP contribution in [0.25, 0.3) is 0 Å². The molecule has 1 atom stereocenters. The van der Waals surface area contributed by atoms with E-state index in [4.69, 9.17) is 16.3 Å². The molecule has 1 fully saturated rings. The molecule has 0 aliphatic heterocycles. The van der Waals surface area contributed by atoms with Crippen molar-refractivity contribution in [3.63, 3.8) is 0 Å². The van der Waals surface area contributed by atoms with Crippen LogP contribution in [0, 0.1) is 6.92 Å². The van der Waals surface area contributed by atoms with Crippen LogP contribution in [0.15, 0.2) is 18.2 Å². The zero-order chi connectivity index (χ0) is 14.6. The van der Waals surface area contributed by atoms with Gasteiger partial charge in [0.2, 0.25) is 0 Å². The maximum absolute atomic E-state index is 6.29. The molecule has 1 N–H and O–H groups in total. The molecule has 0 saturated heterocycles. The molecule has 1 aromatic carbocycles. The number of hydrogen-bond acceptors (Lipinski definition) is 2.